The fraction of sp³-hybridized carbons (Fsp3) is 0.333. The first-order valence-corrected chi connectivity index (χ1v) is 12.1. The maximum atomic E-state index is 13.1. The molecule has 0 radical (unpaired) electrons. The minimum Gasteiger partial charge on any atom is -0.494 e. The first-order valence-electron chi connectivity index (χ1n) is 12.1. The van der Waals surface area contributed by atoms with Gasteiger partial charge in [-0.15, -0.1) is 0 Å². The summed E-state index contributed by atoms with van der Waals surface area (Å²) < 4.78 is 11.9. The Morgan fingerprint density at radius 2 is 1.83 bits per heavy atom. The van der Waals surface area contributed by atoms with E-state index in [1.165, 1.54) is 4.57 Å². The van der Waals surface area contributed by atoms with Crippen LogP contribution in [-0.2, 0) is 19.4 Å². The van der Waals surface area contributed by atoms with Gasteiger partial charge in [-0.2, -0.15) is 0 Å². The van der Waals surface area contributed by atoms with Crippen LogP contribution in [0.2, 0.25) is 0 Å². The van der Waals surface area contributed by atoms with Crippen molar-refractivity contribution < 1.29 is 14.6 Å². The van der Waals surface area contributed by atoms with Gasteiger partial charge in [-0.25, -0.2) is 4.79 Å². The number of aromatic amines is 2. The molecule has 1 aliphatic rings. The molecule has 3 N–H and O–H groups in total. The molecule has 188 valence electrons. The monoisotopic (exact) mass is 490 g/mol. The van der Waals surface area contributed by atoms with Crippen LogP contribution in [0.4, 0.5) is 0 Å². The van der Waals surface area contributed by atoms with Crippen LogP contribution in [0.5, 0.6) is 17.4 Å². The first-order chi connectivity index (χ1) is 17.5. The number of aryl methyl sites for hydroxylation is 1. The number of ether oxygens (including phenoxy) is 2. The molecule has 1 aliphatic heterocycles. The highest BCUT2D eigenvalue weighted by Gasteiger charge is 2.35. The van der Waals surface area contributed by atoms with Gasteiger partial charge in [-0.1, -0.05) is 31.2 Å². The molecular weight excluding hydrogens is 460 g/mol. The molecule has 5 rings (SSSR count). The number of benzene rings is 2. The van der Waals surface area contributed by atoms with Crippen LogP contribution in [0.25, 0.3) is 10.9 Å². The summed E-state index contributed by atoms with van der Waals surface area (Å²) in [5.74, 6) is 0.888. The quantitative estimate of drug-likeness (QED) is 0.367. The lowest BCUT2D eigenvalue weighted by molar-refractivity contribution is 0.214. The van der Waals surface area contributed by atoms with Crippen LogP contribution in [0.3, 0.4) is 0 Å². The Kier molecular flexibility index (Phi) is 6.32. The second kappa shape index (κ2) is 9.58. The molecule has 3 heterocycles. The lowest BCUT2D eigenvalue weighted by Crippen LogP contribution is -2.41. The summed E-state index contributed by atoms with van der Waals surface area (Å²) in [5.41, 5.74) is 2.88. The second-order valence-corrected chi connectivity index (χ2v) is 8.93. The van der Waals surface area contributed by atoms with E-state index in [1.807, 2.05) is 37.3 Å². The number of aromatic hydroxyl groups is 1. The Morgan fingerprint density at radius 1 is 1.06 bits per heavy atom. The van der Waals surface area contributed by atoms with Crippen LogP contribution in [-0.4, -0.2) is 51.9 Å². The standard InChI is InChI=1S/C27H30N4O5/c1-4-30-13-12-18-17-7-5-6-8-19(17)28-23(18)24(30)22-25(32)29-27(34)31(26(22)33)14-11-16-9-10-20(35-2)21(15-16)36-3/h5-10,15,24,28,33H,4,11-14H2,1-3H3,(H,29,32,34)/t24-/m0/s1. The molecule has 0 fully saturated rings. The normalized spacial score (nSPS) is 15.7. The zero-order valence-electron chi connectivity index (χ0n) is 20.6. The summed E-state index contributed by atoms with van der Waals surface area (Å²) >= 11 is 0. The molecule has 0 saturated carbocycles. The topological polar surface area (TPSA) is 113 Å². The molecule has 2 aromatic heterocycles. The minimum atomic E-state index is -0.641. The van der Waals surface area contributed by atoms with E-state index in [4.69, 9.17) is 9.47 Å². The molecule has 0 spiro atoms. The van der Waals surface area contributed by atoms with Crippen molar-refractivity contribution in [3.05, 3.63) is 85.7 Å². The lowest BCUT2D eigenvalue weighted by atomic mass is 9.93. The number of likely N-dealkylation sites (N-methyl/N-ethyl adjacent to an activating group) is 1. The highest BCUT2D eigenvalue weighted by Crippen LogP contribution is 2.39. The van der Waals surface area contributed by atoms with Crippen LogP contribution in [0.1, 0.15) is 35.3 Å². The molecule has 4 aromatic rings. The summed E-state index contributed by atoms with van der Waals surface area (Å²) in [4.78, 5) is 33.9. The third-order valence-corrected chi connectivity index (χ3v) is 7.09. The Bertz CT molecular complexity index is 1530. The molecule has 0 bridgehead atoms. The van der Waals surface area contributed by atoms with E-state index >= 15 is 0 Å². The van der Waals surface area contributed by atoms with Crippen molar-refractivity contribution in [1.82, 2.24) is 19.4 Å². The van der Waals surface area contributed by atoms with Crippen molar-refractivity contribution >= 4 is 10.9 Å². The van der Waals surface area contributed by atoms with Crippen LogP contribution in [0.15, 0.2) is 52.1 Å². The SMILES string of the molecule is CCN1CCc2c([nH]c3ccccc23)[C@@H]1c1c(O)n(CCc2ccc(OC)c(OC)c2)c(=O)[nH]c1=O. The van der Waals surface area contributed by atoms with Gasteiger partial charge in [0.1, 0.15) is 5.56 Å². The number of nitrogens with zero attached hydrogens (tertiary/aromatic N) is 2. The third-order valence-electron chi connectivity index (χ3n) is 7.09. The van der Waals surface area contributed by atoms with Crippen LogP contribution >= 0.6 is 0 Å². The summed E-state index contributed by atoms with van der Waals surface area (Å²) in [7, 11) is 3.13. The van der Waals surface area contributed by atoms with Gasteiger partial charge in [-0.3, -0.25) is 19.2 Å². The van der Waals surface area contributed by atoms with E-state index in [0.717, 1.165) is 40.7 Å². The van der Waals surface area contributed by atoms with E-state index in [-0.39, 0.29) is 18.0 Å². The number of methoxy groups -OCH3 is 2. The van der Waals surface area contributed by atoms with Crippen molar-refractivity contribution in [2.45, 2.75) is 32.4 Å². The Balaban J connectivity index is 1.57. The molecule has 36 heavy (non-hydrogen) atoms. The lowest BCUT2D eigenvalue weighted by Gasteiger charge is -2.35. The number of H-pyrrole nitrogens is 2. The Hall–Kier alpha value is -3.98. The van der Waals surface area contributed by atoms with Crippen molar-refractivity contribution in [3.63, 3.8) is 0 Å². The largest absolute Gasteiger partial charge is 0.494 e. The van der Waals surface area contributed by atoms with Gasteiger partial charge < -0.3 is 19.6 Å². The smallest absolute Gasteiger partial charge is 0.331 e. The predicted octanol–water partition coefficient (Wildman–Crippen LogP) is 2.95. The van der Waals surface area contributed by atoms with Gasteiger partial charge in [0.05, 0.1) is 20.3 Å². The average molecular weight is 491 g/mol. The highest BCUT2D eigenvalue weighted by molar-refractivity contribution is 5.85. The zero-order valence-corrected chi connectivity index (χ0v) is 20.6. The molecule has 2 aromatic carbocycles. The predicted molar refractivity (Wildman–Crippen MR) is 137 cm³/mol. The molecular formula is C27H30N4O5. The number of aromatic nitrogens is 3. The summed E-state index contributed by atoms with van der Waals surface area (Å²) in [6, 6.07) is 13.1. The molecule has 0 saturated heterocycles. The van der Waals surface area contributed by atoms with Crippen molar-refractivity contribution in [2.75, 3.05) is 27.3 Å². The summed E-state index contributed by atoms with van der Waals surface area (Å²) in [6.07, 6.45) is 1.28. The van der Waals surface area contributed by atoms with Crippen molar-refractivity contribution in [2.24, 2.45) is 0 Å². The van der Waals surface area contributed by atoms with Gasteiger partial charge in [0.15, 0.2) is 11.5 Å². The van der Waals surface area contributed by atoms with Gasteiger partial charge >= 0.3 is 5.69 Å². The number of para-hydroxylation sites is 1. The summed E-state index contributed by atoms with van der Waals surface area (Å²) in [5, 5.41) is 12.5. The van der Waals surface area contributed by atoms with Gasteiger partial charge in [0, 0.05) is 29.7 Å². The van der Waals surface area contributed by atoms with Crippen LogP contribution < -0.4 is 20.7 Å². The Morgan fingerprint density at radius 3 is 2.58 bits per heavy atom. The molecule has 0 aliphatic carbocycles. The van der Waals surface area contributed by atoms with E-state index in [9.17, 15) is 14.7 Å². The van der Waals surface area contributed by atoms with Gasteiger partial charge in [0.25, 0.3) is 5.56 Å². The molecule has 0 amide bonds. The van der Waals surface area contributed by atoms with Gasteiger partial charge in [0.2, 0.25) is 5.88 Å². The van der Waals surface area contributed by atoms with Crippen LogP contribution in [0, 0.1) is 0 Å². The molecule has 0 unspecified atom stereocenters. The van der Waals surface area contributed by atoms with E-state index < -0.39 is 17.3 Å². The number of nitrogens with one attached hydrogen (secondary N) is 2. The van der Waals surface area contributed by atoms with E-state index in [1.54, 1.807) is 20.3 Å². The van der Waals surface area contributed by atoms with Gasteiger partial charge in [-0.05, 0) is 48.7 Å². The third kappa shape index (κ3) is 3.95. The second-order valence-electron chi connectivity index (χ2n) is 8.93. The average Bonchev–Trinajstić information content (AvgIpc) is 3.27. The molecule has 9 heteroatoms. The van der Waals surface area contributed by atoms with Crippen molar-refractivity contribution in [3.8, 4) is 17.4 Å². The zero-order chi connectivity index (χ0) is 25.4. The van der Waals surface area contributed by atoms with E-state index in [0.29, 0.717) is 24.5 Å². The van der Waals surface area contributed by atoms with Crippen molar-refractivity contribution in [1.29, 1.82) is 0 Å². The number of hydrogen-bond acceptors (Lipinski definition) is 6. The fourth-order valence-corrected chi connectivity index (χ4v) is 5.26. The fourth-order valence-electron chi connectivity index (χ4n) is 5.26. The number of fused-ring (bicyclic) bond motifs is 3. The molecule has 9 nitrogen and oxygen atoms in total. The number of rotatable bonds is 7. The maximum Gasteiger partial charge on any atom is 0.331 e. The minimum absolute atomic E-state index is 0.177. The Labute approximate surface area is 207 Å². The van der Waals surface area contributed by atoms with E-state index in [2.05, 4.69) is 20.9 Å². The highest BCUT2D eigenvalue weighted by atomic mass is 16.5. The first kappa shape index (κ1) is 23.7. The summed E-state index contributed by atoms with van der Waals surface area (Å²) in [6.45, 7) is 3.63. The number of hydrogen-bond donors (Lipinski definition) is 3. The maximum absolute atomic E-state index is 13.1. The molecule has 1 atom stereocenters.